The van der Waals surface area contributed by atoms with Gasteiger partial charge in [0.25, 0.3) is 0 Å². The van der Waals surface area contributed by atoms with Crippen molar-refractivity contribution in [1.82, 2.24) is 10.2 Å². The first-order valence-electron chi connectivity index (χ1n) is 6.55. The summed E-state index contributed by atoms with van der Waals surface area (Å²) in [7, 11) is 5.76. The highest BCUT2D eigenvalue weighted by atomic mass is 16.5. The lowest BCUT2D eigenvalue weighted by molar-refractivity contribution is 0.185. The quantitative estimate of drug-likeness (QED) is 0.830. The summed E-state index contributed by atoms with van der Waals surface area (Å²) in [5.41, 5.74) is 0.914. The van der Waals surface area contributed by atoms with Crippen LogP contribution in [0.5, 0.6) is 11.5 Å². The Morgan fingerprint density at radius 2 is 2.00 bits per heavy atom. The van der Waals surface area contributed by atoms with Gasteiger partial charge in [-0.25, -0.2) is 0 Å². The number of hydrogen-bond acceptors (Lipinski definition) is 4. The highest BCUT2D eigenvalue weighted by Gasteiger charge is 2.21. The molecule has 0 saturated carbocycles. The molecule has 1 aromatic carbocycles. The van der Waals surface area contributed by atoms with Gasteiger partial charge in [-0.05, 0) is 53.1 Å². The van der Waals surface area contributed by atoms with Gasteiger partial charge in [0.15, 0.2) is 0 Å². The highest BCUT2D eigenvalue weighted by molar-refractivity contribution is 5.41. The van der Waals surface area contributed by atoms with E-state index in [0.29, 0.717) is 5.75 Å². The number of phenols is 1. The molecule has 2 N–H and O–H groups in total. The van der Waals surface area contributed by atoms with Crippen molar-refractivity contribution >= 4 is 0 Å². The average molecular weight is 266 g/mol. The number of nitrogens with one attached hydrogen (secondary N) is 1. The zero-order valence-electron chi connectivity index (χ0n) is 12.8. The number of ether oxygens (including phenoxy) is 1. The maximum Gasteiger partial charge on any atom is 0.120 e. The van der Waals surface area contributed by atoms with Crippen molar-refractivity contribution in [3.63, 3.8) is 0 Å². The third-order valence-corrected chi connectivity index (χ3v) is 3.75. The van der Waals surface area contributed by atoms with Crippen LogP contribution in [0, 0.1) is 0 Å². The zero-order valence-corrected chi connectivity index (χ0v) is 12.8. The molecule has 19 heavy (non-hydrogen) atoms. The van der Waals surface area contributed by atoms with Crippen molar-refractivity contribution in [3.05, 3.63) is 23.8 Å². The summed E-state index contributed by atoms with van der Waals surface area (Å²) in [5, 5.41) is 13.4. The first-order valence-corrected chi connectivity index (χ1v) is 6.55. The van der Waals surface area contributed by atoms with Crippen LogP contribution in [-0.2, 0) is 0 Å². The van der Waals surface area contributed by atoms with E-state index in [0.717, 1.165) is 17.9 Å². The van der Waals surface area contributed by atoms with Crippen LogP contribution in [0.4, 0.5) is 0 Å². The van der Waals surface area contributed by atoms with Gasteiger partial charge >= 0.3 is 0 Å². The molecule has 1 atom stereocenters. The monoisotopic (exact) mass is 266 g/mol. The Kier molecular flexibility index (Phi) is 5.20. The SMILES string of the molecule is COc1ccc(O)c(C(C)NCC(C)(C)N(C)C)c1. The minimum Gasteiger partial charge on any atom is -0.508 e. The molecule has 0 radical (unpaired) electrons. The molecular weight excluding hydrogens is 240 g/mol. The molecule has 0 aliphatic heterocycles. The number of hydrogen-bond donors (Lipinski definition) is 2. The molecule has 4 heteroatoms. The Morgan fingerprint density at radius 1 is 1.37 bits per heavy atom. The molecule has 0 aliphatic rings. The molecule has 0 heterocycles. The molecule has 1 rings (SSSR count). The number of likely N-dealkylation sites (N-methyl/N-ethyl adjacent to an activating group) is 1. The number of phenolic OH excluding ortho intramolecular Hbond substituents is 1. The number of rotatable bonds is 6. The summed E-state index contributed by atoms with van der Waals surface area (Å²) in [5.74, 6) is 1.05. The average Bonchev–Trinajstić information content (AvgIpc) is 2.36. The normalized spacial score (nSPS) is 13.6. The van der Waals surface area contributed by atoms with Crippen molar-refractivity contribution in [2.75, 3.05) is 27.7 Å². The van der Waals surface area contributed by atoms with Crippen molar-refractivity contribution < 1.29 is 9.84 Å². The van der Waals surface area contributed by atoms with Crippen LogP contribution in [0.3, 0.4) is 0 Å². The molecule has 1 unspecified atom stereocenters. The number of aromatic hydroxyl groups is 1. The van der Waals surface area contributed by atoms with E-state index < -0.39 is 0 Å². The molecule has 0 bridgehead atoms. The van der Waals surface area contributed by atoms with Gasteiger partial charge in [-0.1, -0.05) is 0 Å². The second-order valence-electron chi connectivity index (χ2n) is 5.73. The van der Waals surface area contributed by atoms with E-state index in [1.807, 2.05) is 13.0 Å². The minimum absolute atomic E-state index is 0.0583. The molecule has 0 spiro atoms. The second-order valence-corrected chi connectivity index (χ2v) is 5.73. The van der Waals surface area contributed by atoms with Gasteiger partial charge in [-0.3, -0.25) is 0 Å². The fraction of sp³-hybridized carbons (Fsp3) is 0.600. The molecular formula is C15H26N2O2. The van der Waals surface area contributed by atoms with Crippen molar-refractivity contribution in [1.29, 1.82) is 0 Å². The Balaban J connectivity index is 2.76. The van der Waals surface area contributed by atoms with Crippen LogP contribution in [-0.4, -0.2) is 43.3 Å². The maximum absolute atomic E-state index is 9.93. The van der Waals surface area contributed by atoms with E-state index in [1.165, 1.54) is 0 Å². The molecule has 1 aromatic rings. The van der Waals surface area contributed by atoms with Crippen molar-refractivity contribution in [3.8, 4) is 11.5 Å². The van der Waals surface area contributed by atoms with E-state index in [2.05, 4.69) is 38.2 Å². The van der Waals surface area contributed by atoms with Gasteiger partial charge < -0.3 is 20.1 Å². The Hall–Kier alpha value is -1.26. The molecule has 0 aliphatic carbocycles. The smallest absolute Gasteiger partial charge is 0.120 e. The van der Waals surface area contributed by atoms with Gasteiger partial charge in [0.1, 0.15) is 11.5 Å². The zero-order chi connectivity index (χ0) is 14.6. The molecule has 0 fully saturated rings. The summed E-state index contributed by atoms with van der Waals surface area (Å²) in [6, 6.07) is 5.36. The van der Waals surface area contributed by atoms with Crippen LogP contribution in [0.15, 0.2) is 18.2 Å². The Bertz CT molecular complexity index is 417. The summed E-state index contributed by atoms with van der Waals surface area (Å²) in [6.07, 6.45) is 0. The highest BCUT2D eigenvalue weighted by Crippen LogP contribution is 2.28. The summed E-state index contributed by atoms with van der Waals surface area (Å²) < 4.78 is 5.20. The maximum atomic E-state index is 9.93. The van der Waals surface area contributed by atoms with E-state index in [4.69, 9.17) is 4.74 Å². The fourth-order valence-electron chi connectivity index (χ4n) is 1.68. The van der Waals surface area contributed by atoms with Crippen LogP contribution in [0.1, 0.15) is 32.4 Å². The lowest BCUT2D eigenvalue weighted by Gasteiger charge is -2.34. The molecule has 0 amide bonds. The lowest BCUT2D eigenvalue weighted by atomic mass is 10.0. The van der Waals surface area contributed by atoms with Crippen LogP contribution in [0.2, 0.25) is 0 Å². The Labute approximate surface area is 116 Å². The largest absolute Gasteiger partial charge is 0.508 e. The molecule has 0 saturated heterocycles. The van der Waals surface area contributed by atoms with E-state index in [9.17, 15) is 5.11 Å². The van der Waals surface area contributed by atoms with Gasteiger partial charge in [-0.2, -0.15) is 0 Å². The number of benzene rings is 1. The predicted octanol–water partition coefficient (Wildman–Crippen LogP) is 2.39. The first-order chi connectivity index (χ1) is 8.77. The summed E-state index contributed by atoms with van der Waals surface area (Å²) in [6.45, 7) is 7.23. The van der Waals surface area contributed by atoms with Crippen LogP contribution in [0.25, 0.3) is 0 Å². The fourth-order valence-corrected chi connectivity index (χ4v) is 1.68. The standard InChI is InChI=1S/C15H26N2O2/c1-11(16-10-15(2,3)17(4)5)13-9-12(19-6)7-8-14(13)18/h7-9,11,16,18H,10H2,1-6H3. The van der Waals surface area contributed by atoms with Crippen molar-refractivity contribution in [2.45, 2.75) is 32.4 Å². The van der Waals surface area contributed by atoms with Gasteiger partial charge in [0.05, 0.1) is 7.11 Å². The third kappa shape index (κ3) is 4.11. The van der Waals surface area contributed by atoms with Gasteiger partial charge in [0.2, 0.25) is 0 Å². The van der Waals surface area contributed by atoms with Crippen LogP contribution >= 0.6 is 0 Å². The lowest BCUT2D eigenvalue weighted by Crippen LogP contribution is -2.47. The van der Waals surface area contributed by atoms with E-state index in [1.54, 1.807) is 19.2 Å². The topological polar surface area (TPSA) is 44.7 Å². The Morgan fingerprint density at radius 3 is 2.53 bits per heavy atom. The first kappa shape index (κ1) is 15.8. The van der Waals surface area contributed by atoms with Gasteiger partial charge in [-0.15, -0.1) is 0 Å². The summed E-state index contributed by atoms with van der Waals surface area (Å²) >= 11 is 0. The van der Waals surface area contributed by atoms with Crippen molar-refractivity contribution in [2.24, 2.45) is 0 Å². The van der Waals surface area contributed by atoms with Gasteiger partial charge in [0, 0.05) is 23.7 Å². The third-order valence-electron chi connectivity index (χ3n) is 3.75. The predicted molar refractivity (Wildman–Crippen MR) is 78.8 cm³/mol. The molecule has 0 aromatic heterocycles. The minimum atomic E-state index is 0.0583. The van der Waals surface area contributed by atoms with E-state index in [-0.39, 0.29) is 11.6 Å². The number of methoxy groups -OCH3 is 1. The number of nitrogens with zero attached hydrogens (tertiary/aromatic N) is 1. The molecule has 4 nitrogen and oxygen atoms in total. The summed E-state index contributed by atoms with van der Waals surface area (Å²) in [4.78, 5) is 2.18. The van der Waals surface area contributed by atoms with E-state index >= 15 is 0 Å². The second kappa shape index (κ2) is 6.26. The molecule has 108 valence electrons. The van der Waals surface area contributed by atoms with Crippen LogP contribution < -0.4 is 10.1 Å².